The van der Waals surface area contributed by atoms with Crippen LogP contribution in [0.2, 0.25) is 0 Å². The van der Waals surface area contributed by atoms with Crippen molar-refractivity contribution in [3.05, 3.63) is 95.6 Å². The van der Waals surface area contributed by atoms with Gasteiger partial charge in [-0.15, -0.1) is 0 Å². The van der Waals surface area contributed by atoms with Crippen LogP contribution in [-0.2, 0) is 30.2 Å². The van der Waals surface area contributed by atoms with Crippen LogP contribution in [-0.4, -0.2) is 79.2 Å². The number of cyclic esters (lactones) is 1. The molecule has 3 aromatic rings. The lowest BCUT2D eigenvalue weighted by atomic mass is 9.98. The van der Waals surface area contributed by atoms with E-state index in [1.54, 1.807) is 54.9 Å². The van der Waals surface area contributed by atoms with Gasteiger partial charge in [-0.1, -0.05) is 43.4 Å². The number of rotatable bonds is 11. The number of hydrogen-bond donors (Lipinski definition) is 2. The Bertz CT molecular complexity index is 1590. The second-order valence-electron chi connectivity index (χ2n) is 12.4. The first-order chi connectivity index (χ1) is 23.6. The van der Waals surface area contributed by atoms with Gasteiger partial charge in [-0.3, -0.25) is 0 Å². The predicted molar refractivity (Wildman–Crippen MR) is 181 cm³/mol. The van der Waals surface area contributed by atoms with Crippen LogP contribution in [0.1, 0.15) is 66.2 Å². The molecule has 12 heteroatoms. The Balaban J connectivity index is 1.44. The van der Waals surface area contributed by atoms with Gasteiger partial charge >= 0.3 is 11.9 Å². The standard InChI is InChI=1S/C37H45N3O9/c1-24-14-15-29(47-35(41)26-10-7-6-8-11-26)34-30(48-37(3,4)49-34)13-9-12-27-20-28(44-19-18-38-22-32-39-16-17-40-32)21-31(45-23-43-5)33(27)36(42)46-25(24)2/h6-12,14-17,20-21,24-25,29-30,34,38H,13,18-19,22-23H2,1-5H3,(H,39,40)/t24-,25+,29?,30+,34?/m1/s1. The number of methoxy groups -OCH3 is 1. The normalized spacial score (nSPS) is 23.5. The molecule has 5 rings (SSSR count). The van der Waals surface area contributed by atoms with E-state index in [2.05, 4.69) is 15.3 Å². The van der Waals surface area contributed by atoms with Crippen molar-refractivity contribution in [2.24, 2.45) is 5.92 Å². The molecule has 2 aliphatic heterocycles. The highest BCUT2D eigenvalue weighted by Crippen LogP contribution is 2.36. The minimum absolute atomic E-state index is 0.0839. The third-order valence-electron chi connectivity index (χ3n) is 8.14. The van der Waals surface area contributed by atoms with Gasteiger partial charge in [-0.2, -0.15) is 0 Å². The SMILES string of the molecule is COCOc1cc(OCCNCc2ncc[nH]2)cc2c1C(=O)O[C@@H](C)[C@H](C)C=CC(OC(=O)c1ccccc1)C1OC(C)(C)O[C@H]1CC=C2. The Morgan fingerprint density at radius 2 is 1.92 bits per heavy atom. The number of benzene rings is 2. The molecular formula is C37H45N3O9. The van der Waals surface area contributed by atoms with Crippen molar-refractivity contribution in [3.8, 4) is 11.5 Å². The molecule has 2 N–H and O–H groups in total. The number of nitrogens with one attached hydrogen (secondary N) is 2. The molecule has 262 valence electrons. The summed E-state index contributed by atoms with van der Waals surface area (Å²) in [6.45, 7) is 8.78. The second kappa shape index (κ2) is 16.8. The molecule has 1 aromatic heterocycles. The van der Waals surface area contributed by atoms with Crippen LogP contribution in [0.5, 0.6) is 11.5 Å². The lowest BCUT2D eigenvalue weighted by molar-refractivity contribution is -0.152. The van der Waals surface area contributed by atoms with Crippen molar-refractivity contribution < 1.29 is 42.7 Å². The molecule has 3 heterocycles. The lowest BCUT2D eigenvalue weighted by Crippen LogP contribution is -2.37. The number of aromatic nitrogens is 2. The minimum Gasteiger partial charge on any atom is -0.492 e. The smallest absolute Gasteiger partial charge is 0.342 e. The fourth-order valence-electron chi connectivity index (χ4n) is 5.53. The molecule has 12 nitrogen and oxygen atoms in total. The van der Waals surface area contributed by atoms with Crippen LogP contribution in [0.25, 0.3) is 6.08 Å². The number of fused-ring (bicyclic) bond motifs is 2. The van der Waals surface area contributed by atoms with Crippen LogP contribution < -0.4 is 14.8 Å². The molecule has 2 aliphatic rings. The van der Waals surface area contributed by atoms with Gasteiger partial charge in [0.2, 0.25) is 0 Å². The van der Waals surface area contributed by atoms with E-state index in [0.717, 1.165) is 5.82 Å². The monoisotopic (exact) mass is 675 g/mol. The number of carbonyl (C=O) groups is 2. The number of nitrogens with zero attached hydrogens (tertiary/aromatic N) is 1. The van der Waals surface area contributed by atoms with Crippen molar-refractivity contribution in [2.75, 3.05) is 27.1 Å². The third-order valence-corrected chi connectivity index (χ3v) is 8.14. The summed E-state index contributed by atoms with van der Waals surface area (Å²) in [6.07, 6.45) is 8.82. The largest absolute Gasteiger partial charge is 0.492 e. The third kappa shape index (κ3) is 9.79. The highest BCUT2D eigenvalue weighted by molar-refractivity contribution is 5.97. The molecule has 2 aromatic carbocycles. The van der Waals surface area contributed by atoms with E-state index in [1.807, 2.05) is 52.0 Å². The van der Waals surface area contributed by atoms with Crippen LogP contribution in [0, 0.1) is 5.92 Å². The fourth-order valence-corrected chi connectivity index (χ4v) is 5.53. The summed E-state index contributed by atoms with van der Waals surface area (Å²) in [6, 6.07) is 12.2. The van der Waals surface area contributed by atoms with Crippen molar-refractivity contribution in [1.29, 1.82) is 0 Å². The minimum atomic E-state index is -0.925. The van der Waals surface area contributed by atoms with Gasteiger partial charge in [0.15, 0.2) is 12.6 Å². The maximum absolute atomic E-state index is 13.8. The van der Waals surface area contributed by atoms with Gasteiger partial charge < -0.3 is 43.5 Å². The first-order valence-electron chi connectivity index (χ1n) is 16.4. The van der Waals surface area contributed by atoms with E-state index in [4.69, 9.17) is 33.2 Å². The number of ether oxygens (including phenoxy) is 7. The zero-order valence-electron chi connectivity index (χ0n) is 28.5. The first-order valence-corrected chi connectivity index (χ1v) is 16.4. The van der Waals surface area contributed by atoms with Crippen molar-refractivity contribution >= 4 is 18.0 Å². The summed E-state index contributed by atoms with van der Waals surface area (Å²) in [5, 5.41) is 3.27. The highest BCUT2D eigenvalue weighted by Gasteiger charge is 2.45. The Kier molecular flexibility index (Phi) is 12.2. The number of H-pyrrole nitrogens is 1. The van der Waals surface area contributed by atoms with Crippen molar-refractivity contribution in [3.63, 3.8) is 0 Å². The average molecular weight is 676 g/mol. The lowest BCUT2D eigenvalue weighted by Gasteiger charge is -2.25. The number of esters is 2. The number of imidazole rings is 1. The molecule has 0 amide bonds. The fraction of sp³-hybridized carbons (Fsp3) is 0.432. The van der Waals surface area contributed by atoms with E-state index < -0.39 is 42.1 Å². The van der Waals surface area contributed by atoms with Crippen LogP contribution in [0.15, 0.2) is 73.1 Å². The zero-order valence-corrected chi connectivity index (χ0v) is 28.5. The molecule has 49 heavy (non-hydrogen) atoms. The topological polar surface area (TPSA) is 139 Å². The molecular weight excluding hydrogens is 630 g/mol. The van der Waals surface area contributed by atoms with Crippen molar-refractivity contribution in [2.45, 2.75) is 70.9 Å². The van der Waals surface area contributed by atoms with Crippen molar-refractivity contribution in [1.82, 2.24) is 15.3 Å². The number of hydrogen-bond acceptors (Lipinski definition) is 11. The predicted octanol–water partition coefficient (Wildman–Crippen LogP) is 5.46. The molecule has 0 aliphatic carbocycles. The molecule has 0 saturated carbocycles. The van der Waals surface area contributed by atoms with Gasteiger partial charge in [-0.25, -0.2) is 14.6 Å². The summed E-state index contributed by atoms with van der Waals surface area (Å²) in [5.74, 6) is -0.626. The van der Waals surface area contributed by atoms with Gasteiger partial charge in [0.1, 0.15) is 47.8 Å². The van der Waals surface area contributed by atoms with Gasteiger partial charge in [0, 0.05) is 38.0 Å². The summed E-state index contributed by atoms with van der Waals surface area (Å²) in [7, 11) is 1.50. The summed E-state index contributed by atoms with van der Waals surface area (Å²) >= 11 is 0. The average Bonchev–Trinajstić information content (AvgIpc) is 3.71. The van der Waals surface area contributed by atoms with Gasteiger partial charge in [0.25, 0.3) is 0 Å². The van der Waals surface area contributed by atoms with Gasteiger partial charge in [-0.05, 0) is 57.0 Å². The molecule has 5 atom stereocenters. The summed E-state index contributed by atoms with van der Waals surface area (Å²) in [5.41, 5.74) is 1.20. The number of carbonyl (C=O) groups excluding carboxylic acids is 2. The molecule has 1 saturated heterocycles. The summed E-state index contributed by atoms with van der Waals surface area (Å²) in [4.78, 5) is 34.3. The van der Waals surface area contributed by atoms with Crippen LogP contribution >= 0.6 is 0 Å². The Labute approximate surface area is 286 Å². The number of aromatic amines is 1. The highest BCUT2D eigenvalue weighted by atomic mass is 16.8. The Morgan fingerprint density at radius 1 is 1.10 bits per heavy atom. The molecule has 0 bridgehead atoms. The van der Waals surface area contributed by atoms with Crippen LogP contribution in [0.3, 0.4) is 0 Å². The van der Waals surface area contributed by atoms with E-state index in [1.165, 1.54) is 7.11 Å². The quantitative estimate of drug-likeness (QED) is 0.116. The van der Waals surface area contributed by atoms with E-state index in [-0.39, 0.29) is 24.0 Å². The second-order valence-corrected chi connectivity index (χ2v) is 12.4. The molecule has 0 radical (unpaired) electrons. The zero-order chi connectivity index (χ0) is 34.8. The molecule has 0 spiro atoms. The van der Waals surface area contributed by atoms with Gasteiger partial charge in [0.05, 0.1) is 18.2 Å². The first kappa shape index (κ1) is 35.8. The summed E-state index contributed by atoms with van der Waals surface area (Å²) < 4.78 is 41.8. The Hall–Kier alpha value is -4.49. The Morgan fingerprint density at radius 3 is 2.67 bits per heavy atom. The molecule has 2 unspecified atom stereocenters. The van der Waals surface area contributed by atoms with E-state index >= 15 is 0 Å². The molecule has 1 fully saturated rings. The van der Waals surface area contributed by atoms with Crippen LogP contribution in [0.4, 0.5) is 0 Å². The maximum Gasteiger partial charge on any atom is 0.342 e. The van der Waals surface area contributed by atoms with E-state index in [0.29, 0.717) is 43.0 Å². The van der Waals surface area contributed by atoms with E-state index in [9.17, 15) is 9.59 Å². The maximum atomic E-state index is 13.8.